The minimum absolute atomic E-state index is 0.0794. The van der Waals surface area contributed by atoms with Crippen molar-refractivity contribution in [2.75, 3.05) is 0 Å². The van der Waals surface area contributed by atoms with Gasteiger partial charge >= 0.3 is 47.6 Å². The van der Waals surface area contributed by atoms with E-state index in [2.05, 4.69) is 0 Å². The number of rotatable bonds is 9. The summed E-state index contributed by atoms with van der Waals surface area (Å²) in [5, 5.41) is 9.98. The Kier molecular flexibility index (Phi) is 8.31. The number of benzene rings is 1. The molecule has 1 N–H and O–H groups in total. The molecule has 38 heavy (non-hydrogen) atoms. The molecule has 0 amide bonds. The van der Waals surface area contributed by atoms with Gasteiger partial charge in [0.05, 0.1) is 6.10 Å². The third-order valence-corrected chi connectivity index (χ3v) is 5.36. The Morgan fingerprint density at radius 1 is 0.553 bits per heavy atom. The summed E-state index contributed by atoms with van der Waals surface area (Å²) in [5.74, 6) is -57.0. The second-order valence-electron chi connectivity index (χ2n) is 9.21. The molecule has 0 saturated carbocycles. The number of aliphatic hydroxyl groups is 1. The average molecular weight is 596 g/mol. The number of alkyl halides is 17. The molecule has 0 aromatic heterocycles. The van der Waals surface area contributed by atoms with E-state index < -0.39 is 71.1 Å². The van der Waals surface area contributed by atoms with Crippen molar-refractivity contribution >= 4 is 0 Å². The monoisotopic (exact) mass is 596 g/mol. The van der Waals surface area contributed by atoms with Crippen molar-refractivity contribution in [3.8, 4) is 0 Å². The van der Waals surface area contributed by atoms with Crippen molar-refractivity contribution in [3.05, 3.63) is 35.4 Å². The Morgan fingerprint density at radius 3 is 1.26 bits per heavy atom. The lowest BCUT2D eigenvalue weighted by Crippen LogP contribution is -2.74. The average Bonchev–Trinajstić information content (AvgIpc) is 2.71. The van der Waals surface area contributed by atoms with Crippen molar-refractivity contribution in [3.63, 3.8) is 0 Å². The van der Waals surface area contributed by atoms with Gasteiger partial charge in [-0.2, -0.15) is 74.6 Å². The van der Waals surface area contributed by atoms with Crippen LogP contribution >= 0.6 is 0 Å². The van der Waals surface area contributed by atoms with Crippen molar-refractivity contribution in [1.29, 1.82) is 0 Å². The molecule has 1 aromatic rings. The maximum Gasteiger partial charge on any atom is 0.460 e. The first-order valence-corrected chi connectivity index (χ1v) is 9.85. The highest BCUT2D eigenvalue weighted by atomic mass is 19.4. The van der Waals surface area contributed by atoms with E-state index in [4.69, 9.17) is 0 Å². The van der Waals surface area contributed by atoms with E-state index in [1.807, 2.05) is 0 Å². The molecule has 1 rings (SSSR count). The SMILES string of the molecule is CC(C)(C)c1ccccc1C(O)CC(F)(F)C(F)(F)C(F)(F)C(F)(F)C(F)(F)C(F)(F)C(F)(F)C(F)(F)F. The fourth-order valence-corrected chi connectivity index (χ4v) is 3.15. The van der Waals surface area contributed by atoms with Gasteiger partial charge in [0.2, 0.25) is 0 Å². The minimum atomic E-state index is -8.68. The van der Waals surface area contributed by atoms with Gasteiger partial charge in [0, 0.05) is 6.42 Å². The van der Waals surface area contributed by atoms with Gasteiger partial charge in [-0.3, -0.25) is 0 Å². The van der Waals surface area contributed by atoms with Crippen LogP contribution in [0.3, 0.4) is 0 Å². The topological polar surface area (TPSA) is 20.2 Å². The molecule has 1 aromatic carbocycles. The maximum absolute atomic E-state index is 14.2. The predicted octanol–water partition coefficient (Wildman–Crippen LogP) is 8.42. The lowest BCUT2D eigenvalue weighted by molar-refractivity contribution is -0.462. The van der Waals surface area contributed by atoms with Gasteiger partial charge in [-0.25, -0.2) is 0 Å². The van der Waals surface area contributed by atoms with Crippen LogP contribution in [0.1, 0.15) is 44.4 Å². The van der Waals surface area contributed by atoms with Crippen molar-refractivity contribution in [1.82, 2.24) is 0 Å². The van der Waals surface area contributed by atoms with Crippen LogP contribution in [-0.4, -0.2) is 52.7 Å². The molecule has 1 atom stereocenters. The molecule has 0 saturated heterocycles. The largest absolute Gasteiger partial charge is 0.460 e. The fourth-order valence-electron chi connectivity index (χ4n) is 3.15. The number of aliphatic hydroxyl groups excluding tert-OH is 1. The summed E-state index contributed by atoms with van der Waals surface area (Å²) in [6.45, 7) is 4.16. The summed E-state index contributed by atoms with van der Waals surface area (Å²) < 4.78 is 227. The van der Waals surface area contributed by atoms with Gasteiger partial charge in [-0.1, -0.05) is 45.0 Å². The summed E-state index contributed by atoms with van der Waals surface area (Å²) in [7, 11) is 0. The summed E-state index contributed by atoms with van der Waals surface area (Å²) in [6, 6.07) is 4.22. The van der Waals surface area contributed by atoms with E-state index in [1.165, 1.54) is 26.8 Å². The van der Waals surface area contributed by atoms with Gasteiger partial charge in [-0.05, 0) is 16.5 Å². The molecular weight excluding hydrogens is 579 g/mol. The molecule has 0 spiro atoms. The zero-order chi connectivity index (χ0) is 30.8. The third kappa shape index (κ3) is 4.89. The Balaban J connectivity index is 3.61. The smallest absolute Gasteiger partial charge is 0.388 e. The number of halogens is 17. The van der Waals surface area contributed by atoms with Gasteiger partial charge in [0.25, 0.3) is 0 Å². The van der Waals surface area contributed by atoms with Gasteiger partial charge in [0.1, 0.15) is 0 Å². The molecule has 0 radical (unpaired) electrons. The Morgan fingerprint density at radius 2 is 0.895 bits per heavy atom. The van der Waals surface area contributed by atoms with Crippen molar-refractivity contribution in [2.45, 2.75) is 86.3 Å². The molecule has 222 valence electrons. The zero-order valence-corrected chi connectivity index (χ0v) is 19.0. The molecular formula is C20H17F17O. The summed E-state index contributed by atoms with van der Waals surface area (Å²) >= 11 is 0. The Bertz CT molecular complexity index is 988. The predicted molar refractivity (Wildman–Crippen MR) is 95.4 cm³/mol. The van der Waals surface area contributed by atoms with Gasteiger partial charge < -0.3 is 5.11 Å². The molecule has 0 aliphatic rings. The number of hydrogen-bond donors (Lipinski definition) is 1. The van der Waals surface area contributed by atoms with Crippen molar-refractivity contribution < 1.29 is 79.7 Å². The van der Waals surface area contributed by atoms with Gasteiger partial charge in [-0.15, -0.1) is 0 Å². The van der Waals surface area contributed by atoms with Crippen LogP contribution in [0.15, 0.2) is 24.3 Å². The third-order valence-electron chi connectivity index (χ3n) is 5.36. The van der Waals surface area contributed by atoms with Crippen LogP contribution in [0.4, 0.5) is 74.6 Å². The maximum atomic E-state index is 14.2. The molecule has 1 unspecified atom stereocenters. The van der Waals surface area contributed by atoms with E-state index in [1.54, 1.807) is 0 Å². The Hall–Kier alpha value is -2.01. The first kappa shape index (κ1) is 34.0. The second kappa shape index (κ2) is 9.28. The fraction of sp³-hybridized carbons (Fsp3) is 0.700. The highest BCUT2D eigenvalue weighted by Crippen LogP contribution is 2.64. The lowest BCUT2D eigenvalue weighted by Gasteiger charge is -2.43. The van der Waals surface area contributed by atoms with E-state index in [9.17, 15) is 79.7 Å². The first-order chi connectivity index (χ1) is 16.4. The lowest BCUT2D eigenvalue weighted by atomic mass is 9.80. The molecule has 0 fully saturated rings. The van der Waals surface area contributed by atoms with Crippen LogP contribution in [0.2, 0.25) is 0 Å². The van der Waals surface area contributed by atoms with Crippen LogP contribution < -0.4 is 0 Å². The summed E-state index contributed by atoms with van der Waals surface area (Å²) in [6.07, 6.45) is -13.6. The van der Waals surface area contributed by atoms with E-state index in [0.29, 0.717) is 0 Å². The summed E-state index contributed by atoms with van der Waals surface area (Å²) in [4.78, 5) is 0. The number of hydrogen-bond acceptors (Lipinski definition) is 1. The zero-order valence-electron chi connectivity index (χ0n) is 19.0. The van der Waals surface area contributed by atoms with E-state index in [-0.39, 0.29) is 5.56 Å². The van der Waals surface area contributed by atoms with Crippen LogP contribution in [-0.2, 0) is 5.41 Å². The molecule has 0 bridgehead atoms. The van der Waals surface area contributed by atoms with Crippen molar-refractivity contribution in [2.24, 2.45) is 0 Å². The first-order valence-electron chi connectivity index (χ1n) is 9.85. The minimum Gasteiger partial charge on any atom is -0.388 e. The van der Waals surface area contributed by atoms with E-state index >= 15 is 0 Å². The normalized spacial score (nSPS) is 16.6. The van der Waals surface area contributed by atoms with Crippen LogP contribution in [0.25, 0.3) is 0 Å². The Labute approximate surface area is 202 Å². The van der Waals surface area contributed by atoms with Crippen LogP contribution in [0.5, 0.6) is 0 Å². The van der Waals surface area contributed by atoms with Crippen LogP contribution in [0, 0.1) is 0 Å². The highest BCUT2D eigenvalue weighted by molar-refractivity contribution is 5.34. The second-order valence-corrected chi connectivity index (χ2v) is 9.21. The van der Waals surface area contributed by atoms with E-state index in [0.717, 1.165) is 18.2 Å². The highest BCUT2D eigenvalue weighted by Gasteiger charge is 2.95. The molecule has 0 aliphatic carbocycles. The molecule has 18 heteroatoms. The quantitative estimate of drug-likeness (QED) is 0.284. The standard InChI is InChI=1S/C20H17F17O/c1-12(2,3)10-7-5-4-6-9(10)11(38)8-13(21,22)14(23,24)15(25,26)16(27,28)17(29,30)18(31,32)19(33,34)20(35,36)37/h4-7,11,38H,8H2,1-3H3. The van der Waals surface area contributed by atoms with Gasteiger partial charge in [0.15, 0.2) is 0 Å². The molecule has 0 aliphatic heterocycles. The summed E-state index contributed by atoms with van der Waals surface area (Å²) in [5.41, 5.74) is -1.79. The molecule has 0 heterocycles. The molecule has 1 nitrogen and oxygen atoms in total.